The Bertz CT molecular complexity index is 782. The first kappa shape index (κ1) is 20.3. The SMILES string of the molecule is CCOc1cc(/C=N\NC(=O)COc2ccc(Cl)cc2)cc(I)c1OC. The van der Waals surface area contributed by atoms with Gasteiger partial charge in [-0.15, -0.1) is 0 Å². The third kappa shape index (κ3) is 6.06. The lowest BCUT2D eigenvalue weighted by molar-refractivity contribution is -0.123. The average Bonchev–Trinajstić information content (AvgIpc) is 2.61. The van der Waals surface area contributed by atoms with Crippen LogP contribution in [0.2, 0.25) is 5.02 Å². The van der Waals surface area contributed by atoms with E-state index in [9.17, 15) is 4.79 Å². The van der Waals surface area contributed by atoms with Crippen LogP contribution in [0.4, 0.5) is 0 Å². The fraction of sp³-hybridized carbons (Fsp3) is 0.222. The molecular formula is C18H18ClIN2O4. The highest BCUT2D eigenvalue weighted by molar-refractivity contribution is 14.1. The molecule has 8 heteroatoms. The summed E-state index contributed by atoms with van der Waals surface area (Å²) in [5.41, 5.74) is 3.19. The van der Waals surface area contributed by atoms with Crippen LogP contribution in [0.1, 0.15) is 12.5 Å². The van der Waals surface area contributed by atoms with Crippen LogP contribution in [-0.4, -0.2) is 32.4 Å². The summed E-state index contributed by atoms with van der Waals surface area (Å²) in [5, 5.41) is 4.54. The summed E-state index contributed by atoms with van der Waals surface area (Å²) in [7, 11) is 1.59. The number of nitrogens with zero attached hydrogens (tertiary/aromatic N) is 1. The second-order valence-electron chi connectivity index (χ2n) is 5.00. The first-order valence-electron chi connectivity index (χ1n) is 7.74. The molecule has 0 atom stereocenters. The lowest BCUT2D eigenvalue weighted by atomic mass is 10.2. The van der Waals surface area contributed by atoms with Gasteiger partial charge >= 0.3 is 0 Å². The number of hydrazone groups is 1. The van der Waals surface area contributed by atoms with E-state index in [2.05, 4.69) is 33.1 Å². The Kier molecular flexibility index (Phi) is 7.99. The number of nitrogens with one attached hydrogen (secondary N) is 1. The molecule has 0 heterocycles. The molecule has 1 N–H and O–H groups in total. The van der Waals surface area contributed by atoms with Crippen molar-refractivity contribution in [2.24, 2.45) is 5.10 Å². The van der Waals surface area contributed by atoms with Gasteiger partial charge in [0.25, 0.3) is 5.91 Å². The largest absolute Gasteiger partial charge is 0.492 e. The minimum atomic E-state index is -0.371. The normalized spacial score (nSPS) is 10.6. The summed E-state index contributed by atoms with van der Waals surface area (Å²) in [6.45, 7) is 2.27. The molecule has 2 aromatic carbocycles. The molecule has 0 saturated heterocycles. The van der Waals surface area contributed by atoms with Gasteiger partial charge in [-0.25, -0.2) is 5.43 Å². The predicted octanol–water partition coefficient (Wildman–Crippen LogP) is 3.88. The van der Waals surface area contributed by atoms with Gasteiger partial charge in [-0.2, -0.15) is 5.10 Å². The fourth-order valence-electron chi connectivity index (χ4n) is 2.01. The van der Waals surface area contributed by atoms with Gasteiger partial charge in [-0.05, 0) is 71.5 Å². The first-order chi connectivity index (χ1) is 12.5. The van der Waals surface area contributed by atoms with E-state index in [1.165, 1.54) is 6.21 Å². The molecule has 0 aliphatic rings. The summed E-state index contributed by atoms with van der Waals surface area (Å²) in [6.07, 6.45) is 1.53. The van der Waals surface area contributed by atoms with Gasteiger partial charge < -0.3 is 14.2 Å². The number of carbonyl (C=O) groups excluding carboxylic acids is 1. The van der Waals surface area contributed by atoms with Crippen molar-refractivity contribution in [3.8, 4) is 17.2 Å². The number of methoxy groups -OCH3 is 1. The van der Waals surface area contributed by atoms with E-state index in [-0.39, 0.29) is 12.5 Å². The molecule has 0 radical (unpaired) electrons. The molecule has 26 heavy (non-hydrogen) atoms. The molecule has 0 spiro atoms. The minimum absolute atomic E-state index is 0.149. The van der Waals surface area contributed by atoms with Gasteiger partial charge in [0.1, 0.15) is 5.75 Å². The maximum absolute atomic E-state index is 11.8. The third-order valence-corrected chi connectivity index (χ3v) is 4.18. The summed E-state index contributed by atoms with van der Waals surface area (Å²) in [6, 6.07) is 10.4. The molecule has 0 aliphatic carbocycles. The molecule has 0 fully saturated rings. The van der Waals surface area contributed by atoms with E-state index < -0.39 is 0 Å². The molecule has 0 aromatic heterocycles. The fourth-order valence-corrected chi connectivity index (χ4v) is 2.99. The van der Waals surface area contributed by atoms with Gasteiger partial charge in [-0.1, -0.05) is 11.6 Å². The zero-order chi connectivity index (χ0) is 18.9. The van der Waals surface area contributed by atoms with Crippen LogP contribution < -0.4 is 19.6 Å². The summed E-state index contributed by atoms with van der Waals surface area (Å²) in [5.74, 6) is 1.48. The van der Waals surface area contributed by atoms with Crippen molar-refractivity contribution >= 4 is 46.3 Å². The van der Waals surface area contributed by atoms with Crippen molar-refractivity contribution in [2.45, 2.75) is 6.92 Å². The lowest BCUT2D eigenvalue weighted by Crippen LogP contribution is -2.24. The molecule has 138 valence electrons. The maximum atomic E-state index is 11.8. The molecule has 1 amide bonds. The molecule has 6 nitrogen and oxygen atoms in total. The number of hydrogen-bond donors (Lipinski definition) is 1. The number of rotatable bonds is 8. The maximum Gasteiger partial charge on any atom is 0.277 e. The molecule has 2 aromatic rings. The van der Waals surface area contributed by atoms with E-state index in [0.717, 1.165) is 9.13 Å². The van der Waals surface area contributed by atoms with Gasteiger partial charge in [0, 0.05) is 5.02 Å². The van der Waals surface area contributed by atoms with Crippen LogP contribution >= 0.6 is 34.2 Å². The van der Waals surface area contributed by atoms with Crippen LogP contribution in [0.25, 0.3) is 0 Å². The van der Waals surface area contributed by atoms with E-state index >= 15 is 0 Å². The monoisotopic (exact) mass is 488 g/mol. The van der Waals surface area contributed by atoms with Crippen molar-refractivity contribution in [1.82, 2.24) is 5.43 Å². The number of halogens is 2. The van der Waals surface area contributed by atoms with Gasteiger partial charge in [0.2, 0.25) is 0 Å². The van der Waals surface area contributed by atoms with Crippen molar-refractivity contribution in [1.29, 1.82) is 0 Å². The minimum Gasteiger partial charge on any atom is -0.492 e. The smallest absolute Gasteiger partial charge is 0.277 e. The first-order valence-corrected chi connectivity index (χ1v) is 9.19. The zero-order valence-corrected chi connectivity index (χ0v) is 17.2. The van der Waals surface area contributed by atoms with E-state index in [0.29, 0.717) is 28.9 Å². The molecular weight excluding hydrogens is 471 g/mol. The molecule has 0 saturated carbocycles. The highest BCUT2D eigenvalue weighted by Gasteiger charge is 2.10. The summed E-state index contributed by atoms with van der Waals surface area (Å²) >= 11 is 7.95. The van der Waals surface area contributed by atoms with Gasteiger partial charge in [0.15, 0.2) is 18.1 Å². The van der Waals surface area contributed by atoms with Crippen molar-refractivity contribution in [2.75, 3.05) is 20.3 Å². The number of hydrogen-bond acceptors (Lipinski definition) is 5. The highest BCUT2D eigenvalue weighted by atomic mass is 127. The number of ether oxygens (including phenoxy) is 3. The Morgan fingerprint density at radius 1 is 1.27 bits per heavy atom. The highest BCUT2D eigenvalue weighted by Crippen LogP contribution is 2.33. The topological polar surface area (TPSA) is 69.2 Å². The Labute approximate surface area is 170 Å². The number of carbonyl (C=O) groups is 1. The molecule has 0 bridgehead atoms. The van der Waals surface area contributed by atoms with Crippen molar-refractivity contribution < 1.29 is 19.0 Å². The Morgan fingerprint density at radius 2 is 2.00 bits per heavy atom. The van der Waals surface area contributed by atoms with Crippen molar-refractivity contribution in [3.63, 3.8) is 0 Å². The average molecular weight is 489 g/mol. The van der Waals surface area contributed by atoms with Gasteiger partial charge in [-0.3, -0.25) is 4.79 Å². The third-order valence-electron chi connectivity index (χ3n) is 3.12. The second kappa shape index (κ2) is 10.2. The molecule has 2 rings (SSSR count). The van der Waals surface area contributed by atoms with Crippen LogP contribution in [0.15, 0.2) is 41.5 Å². The molecule has 0 aliphatic heterocycles. The van der Waals surface area contributed by atoms with E-state index in [1.807, 2.05) is 13.0 Å². The molecule has 0 unspecified atom stereocenters. The Balaban J connectivity index is 1.92. The quantitative estimate of drug-likeness (QED) is 0.348. The zero-order valence-electron chi connectivity index (χ0n) is 14.3. The number of amides is 1. The lowest BCUT2D eigenvalue weighted by Gasteiger charge is -2.11. The Hall–Kier alpha value is -2.00. The van der Waals surface area contributed by atoms with Gasteiger partial charge in [0.05, 0.1) is 23.5 Å². The number of benzene rings is 2. The Morgan fingerprint density at radius 3 is 2.65 bits per heavy atom. The van der Waals surface area contributed by atoms with Crippen LogP contribution in [0.5, 0.6) is 17.2 Å². The van der Waals surface area contributed by atoms with Crippen molar-refractivity contribution in [3.05, 3.63) is 50.6 Å². The van der Waals surface area contributed by atoms with E-state index in [1.54, 1.807) is 37.4 Å². The van der Waals surface area contributed by atoms with Crippen LogP contribution in [0.3, 0.4) is 0 Å². The predicted molar refractivity (Wildman–Crippen MR) is 110 cm³/mol. The summed E-state index contributed by atoms with van der Waals surface area (Å²) in [4.78, 5) is 11.8. The van der Waals surface area contributed by atoms with E-state index in [4.69, 9.17) is 25.8 Å². The second-order valence-corrected chi connectivity index (χ2v) is 6.60. The van der Waals surface area contributed by atoms with Crippen LogP contribution in [-0.2, 0) is 4.79 Å². The standard InChI is InChI=1S/C18H18ClIN2O4/c1-3-25-16-9-12(8-15(20)18(16)24-2)10-21-22-17(23)11-26-14-6-4-13(19)5-7-14/h4-10H,3,11H2,1-2H3,(H,22,23)/b21-10-. The summed E-state index contributed by atoms with van der Waals surface area (Å²) < 4.78 is 17.1. The van der Waals surface area contributed by atoms with Crippen LogP contribution in [0, 0.1) is 3.57 Å².